The van der Waals surface area contributed by atoms with Gasteiger partial charge in [-0.05, 0) is 48.2 Å². The molecule has 0 saturated carbocycles. The van der Waals surface area contributed by atoms with E-state index in [1.165, 1.54) is 7.05 Å². The van der Waals surface area contributed by atoms with Gasteiger partial charge in [-0.2, -0.15) is 0 Å². The predicted molar refractivity (Wildman–Crippen MR) is 152 cm³/mol. The van der Waals surface area contributed by atoms with E-state index < -0.39 is 17.7 Å². The first-order valence-corrected chi connectivity index (χ1v) is 12.9. The molecule has 0 unspecified atom stereocenters. The van der Waals surface area contributed by atoms with Gasteiger partial charge in [0.25, 0.3) is 5.91 Å². The van der Waals surface area contributed by atoms with Crippen LogP contribution < -0.4 is 26.6 Å². The van der Waals surface area contributed by atoms with Crippen molar-refractivity contribution in [3.8, 4) is 11.1 Å². The molecule has 9 nitrogen and oxygen atoms in total. The normalized spacial score (nSPS) is 15.0. The summed E-state index contributed by atoms with van der Waals surface area (Å²) in [5, 5.41) is 8.62. The molecule has 4 rings (SSSR count). The zero-order chi connectivity index (χ0) is 28.0. The third-order valence-corrected chi connectivity index (χ3v) is 6.39. The number of nitrogens with one attached hydrogen (secondary N) is 3. The molecule has 9 heteroatoms. The average Bonchev–Trinajstić information content (AvgIpc) is 3.03. The number of amides is 3. The van der Waals surface area contributed by atoms with Crippen molar-refractivity contribution < 1.29 is 19.1 Å². The van der Waals surface area contributed by atoms with Crippen molar-refractivity contribution in [3.05, 3.63) is 83.9 Å². The Morgan fingerprint density at radius 3 is 2.46 bits per heavy atom. The maximum absolute atomic E-state index is 13.7. The van der Waals surface area contributed by atoms with Gasteiger partial charge in [-0.25, -0.2) is 4.79 Å². The lowest BCUT2D eigenvalue weighted by Gasteiger charge is -2.26. The van der Waals surface area contributed by atoms with Crippen molar-refractivity contribution in [1.29, 1.82) is 0 Å². The summed E-state index contributed by atoms with van der Waals surface area (Å²) in [5.74, 6) is -0.464. The monoisotopic (exact) mass is 529 g/mol. The maximum atomic E-state index is 13.7. The number of hydrogen-bond donors (Lipinski definition) is 4. The molecule has 1 aliphatic heterocycles. The first kappa shape index (κ1) is 27.7. The molecule has 0 saturated heterocycles. The number of benzene rings is 3. The Bertz CT molecular complexity index is 1330. The molecule has 0 fully saturated rings. The molecular weight excluding hydrogens is 494 g/mol. The number of hydrogen-bond acceptors (Lipinski definition) is 6. The molecule has 1 atom stereocenters. The number of rotatable bonds is 8. The van der Waals surface area contributed by atoms with E-state index >= 15 is 0 Å². The number of ether oxygens (including phenoxy) is 1. The van der Waals surface area contributed by atoms with Crippen LogP contribution >= 0.6 is 0 Å². The molecule has 3 aromatic rings. The number of carbonyl (C=O) groups is 3. The zero-order valence-corrected chi connectivity index (χ0v) is 22.5. The van der Waals surface area contributed by atoms with Crippen molar-refractivity contribution in [1.82, 2.24) is 10.6 Å². The van der Waals surface area contributed by atoms with Crippen molar-refractivity contribution in [3.63, 3.8) is 0 Å². The van der Waals surface area contributed by atoms with Gasteiger partial charge in [0.2, 0.25) is 5.91 Å². The fraction of sp³-hybridized carbons (Fsp3) is 0.300. The van der Waals surface area contributed by atoms with Crippen LogP contribution in [0.2, 0.25) is 0 Å². The topological polar surface area (TPSA) is 126 Å². The molecule has 5 N–H and O–H groups in total. The Labute approximate surface area is 228 Å². The van der Waals surface area contributed by atoms with E-state index in [1.807, 2.05) is 72.8 Å². The SMILES string of the molecule is CNC(=O)OCc1ccccc1-c1ccc(CN2C(=O)[C@@H](NC(=O)CC(C)(C)N)CNc3ccccc32)cc1. The third-order valence-electron chi connectivity index (χ3n) is 6.39. The van der Waals surface area contributed by atoms with Crippen LogP contribution in [-0.2, 0) is 27.5 Å². The molecule has 3 aromatic carbocycles. The van der Waals surface area contributed by atoms with Crippen LogP contribution in [0.3, 0.4) is 0 Å². The van der Waals surface area contributed by atoms with Gasteiger partial charge in [0.05, 0.1) is 17.9 Å². The van der Waals surface area contributed by atoms with Crippen molar-refractivity contribution >= 4 is 29.3 Å². The van der Waals surface area contributed by atoms with E-state index in [1.54, 1.807) is 18.7 Å². The van der Waals surface area contributed by atoms with E-state index in [0.29, 0.717) is 6.54 Å². The molecular formula is C30H35N5O4. The molecule has 0 aromatic heterocycles. The summed E-state index contributed by atoms with van der Waals surface area (Å²) in [6.45, 7) is 4.31. The van der Waals surface area contributed by atoms with E-state index in [9.17, 15) is 14.4 Å². The van der Waals surface area contributed by atoms with Crippen molar-refractivity contribution in [2.75, 3.05) is 23.8 Å². The second-order valence-corrected chi connectivity index (χ2v) is 10.3. The van der Waals surface area contributed by atoms with E-state index in [2.05, 4.69) is 16.0 Å². The Morgan fingerprint density at radius 1 is 1.05 bits per heavy atom. The van der Waals surface area contributed by atoms with E-state index in [0.717, 1.165) is 33.6 Å². The largest absolute Gasteiger partial charge is 0.445 e. The molecule has 0 spiro atoms. The first-order chi connectivity index (χ1) is 18.6. The first-order valence-electron chi connectivity index (χ1n) is 12.9. The Hall–Kier alpha value is -4.37. The minimum absolute atomic E-state index is 0.112. The lowest BCUT2D eigenvalue weighted by molar-refractivity contribution is -0.127. The van der Waals surface area contributed by atoms with Crippen molar-refractivity contribution in [2.45, 2.75) is 45.0 Å². The summed E-state index contributed by atoms with van der Waals surface area (Å²) in [4.78, 5) is 39.5. The minimum Gasteiger partial charge on any atom is -0.445 e. The average molecular weight is 530 g/mol. The number of carbonyl (C=O) groups excluding carboxylic acids is 3. The highest BCUT2D eigenvalue weighted by Crippen LogP contribution is 2.31. The molecule has 39 heavy (non-hydrogen) atoms. The highest BCUT2D eigenvalue weighted by atomic mass is 16.5. The van der Waals surface area contributed by atoms with Crippen LogP contribution in [0.1, 0.15) is 31.4 Å². The summed E-state index contributed by atoms with van der Waals surface area (Å²) in [5.41, 5.74) is 10.6. The second-order valence-electron chi connectivity index (χ2n) is 10.3. The molecule has 1 aliphatic rings. The van der Waals surface area contributed by atoms with Gasteiger partial charge in [0.1, 0.15) is 12.6 Å². The van der Waals surface area contributed by atoms with Gasteiger partial charge in [0, 0.05) is 25.6 Å². The second kappa shape index (κ2) is 12.0. The Morgan fingerprint density at radius 2 is 1.74 bits per heavy atom. The number of para-hydroxylation sites is 2. The van der Waals surface area contributed by atoms with Crippen LogP contribution in [0, 0.1) is 0 Å². The van der Waals surface area contributed by atoms with Gasteiger partial charge in [-0.3, -0.25) is 9.59 Å². The number of anilines is 2. The number of nitrogens with zero attached hydrogens (tertiary/aromatic N) is 1. The van der Waals surface area contributed by atoms with Gasteiger partial charge < -0.3 is 31.3 Å². The van der Waals surface area contributed by atoms with Gasteiger partial charge in [-0.1, -0.05) is 60.7 Å². The Balaban J connectivity index is 1.55. The summed E-state index contributed by atoms with van der Waals surface area (Å²) in [6.07, 6.45) is -0.376. The summed E-state index contributed by atoms with van der Waals surface area (Å²) in [7, 11) is 1.52. The van der Waals surface area contributed by atoms with E-state index in [4.69, 9.17) is 10.5 Å². The van der Waals surface area contributed by atoms with Crippen LogP contribution in [0.15, 0.2) is 72.8 Å². The standard InChI is InChI=1S/C30H35N5O4/c1-30(2,31)16-27(36)34-25-17-33-24-10-6-7-11-26(24)35(28(25)37)18-20-12-14-21(15-13-20)23-9-5-4-8-22(23)19-39-29(38)32-3/h4-15,25,33H,16-19,31H2,1-3H3,(H,32,38)(H,34,36)/t25-/m0/s1. The number of alkyl carbamates (subject to hydrolysis) is 1. The van der Waals surface area contributed by atoms with Crippen LogP contribution in [-0.4, -0.2) is 43.1 Å². The lowest BCUT2D eigenvalue weighted by Crippen LogP contribution is -2.52. The third kappa shape index (κ3) is 7.14. The summed E-state index contributed by atoms with van der Waals surface area (Å²) in [6, 6.07) is 22.5. The molecule has 1 heterocycles. The Kier molecular flexibility index (Phi) is 8.51. The van der Waals surface area contributed by atoms with Crippen LogP contribution in [0.5, 0.6) is 0 Å². The van der Waals surface area contributed by atoms with Gasteiger partial charge in [0.15, 0.2) is 0 Å². The predicted octanol–water partition coefficient (Wildman–Crippen LogP) is 3.78. The molecule has 0 aliphatic carbocycles. The van der Waals surface area contributed by atoms with Gasteiger partial charge >= 0.3 is 6.09 Å². The highest BCUT2D eigenvalue weighted by Gasteiger charge is 2.32. The summed E-state index contributed by atoms with van der Waals surface area (Å²) < 4.78 is 5.25. The molecule has 0 radical (unpaired) electrons. The highest BCUT2D eigenvalue weighted by molar-refractivity contribution is 6.03. The van der Waals surface area contributed by atoms with Crippen LogP contribution in [0.25, 0.3) is 11.1 Å². The fourth-order valence-electron chi connectivity index (χ4n) is 4.52. The number of nitrogens with two attached hydrogens (primary N) is 1. The van der Waals surface area contributed by atoms with E-state index in [-0.39, 0.29) is 31.4 Å². The molecule has 0 bridgehead atoms. The smallest absolute Gasteiger partial charge is 0.407 e. The van der Waals surface area contributed by atoms with Gasteiger partial charge in [-0.15, -0.1) is 0 Å². The summed E-state index contributed by atoms with van der Waals surface area (Å²) >= 11 is 0. The zero-order valence-electron chi connectivity index (χ0n) is 22.5. The molecule has 3 amide bonds. The van der Waals surface area contributed by atoms with Crippen LogP contribution in [0.4, 0.5) is 16.2 Å². The fourth-order valence-corrected chi connectivity index (χ4v) is 4.52. The van der Waals surface area contributed by atoms with Crippen molar-refractivity contribution in [2.24, 2.45) is 5.73 Å². The lowest BCUT2D eigenvalue weighted by atomic mass is 9.99. The quantitative estimate of drug-likeness (QED) is 0.352. The number of fused-ring (bicyclic) bond motifs is 1. The minimum atomic E-state index is -0.737. The molecule has 204 valence electrons. The maximum Gasteiger partial charge on any atom is 0.407 e.